The number of rotatable bonds is 5. The molecule has 0 unspecified atom stereocenters. The third-order valence-electron chi connectivity index (χ3n) is 4.95. The van der Waals surface area contributed by atoms with Crippen molar-refractivity contribution >= 4 is 11.6 Å². The van der Waals surface area contributed by atoms with E-state index in [2.05, 4.69) is 10.2 Å². The number of nitrogens with zero attached hydrogens (tertiary/aromatic N) is 2. The van der Waals surface area contributed by atoms with Crippen LogP contribution in [0.25, 0.3) is 0 Å². The summed E-state index contributed by atoms with van der Waals surface area (Å²) in [5.41, 5.74) is 2.52. The van der Waals surface area contributed by atoms with Gasteiger partial charge in [-0.3, -0.25) is 9.69 Å². The Morgan fingerprint density at radius 2 is 2.04 bits per heavy atom. The molecular formula is C20H25N3O3. The number of anilines is 1. The number of hydrogen-bond donors (Lipinski definition) is 1. The number of carbonyl (C=O) groups excluding carboxylic acids is 1. The highest BCUT2D eigenvalue weighted by molar-refractivity contribution is 5.94. The van der Waals surface area contributed by atoms with E-state index in [1.807, 2.05) is 37.3 Å². The fourth-order valence-electron chi connectivity index (χ4n) is 3.50. The van der Waals surface area contributed by atoms with Gasteiger partial charge in [0.15, 0.2) is 11.9 Å². The van der Waals surface area contributed by atoms with Gasteiger partial charge in [-0.05, 0) is 44.5 Å². The molecule has 1 saturated heterocycles. The Kier molecular flexibility index (Phi) is 5.73. The minimum atomic E-state index is -0.0466. The van der Waals surface area contributed by atoms with E-state index in [-0.39, 0.29) is 11.8 Å². The summed E-state index contributed by atoms with van der Waals surface area (Å²) in [5, 5.41) is 14.9. The van der Waals surface area contributed by atoms with Crippen molar-refractivity contribution in [2.45, 2.75) is 25.7 Å². The van der Waals surface area contributed by atoms with Crippen molar-refractivity contribution in [2.75, 3.05) is 32.1 Å². The van der Waals surface area contributed by atoms with Crippen LogP contribution in [-0.4, -0.2) is 37.6 Å². The zero-order valence-electron chi connectivity index (χ0n) is 15.3. The first-order valence-corrected chi connectivity index (χ1v) is 8.92. The van der Waals surface area contributed by atoms with E-state index in [4.69, 9.17) is 4.74 Å². The van der Waals surface area contributed by atoms with Crippen LogP contribution in [0.5, 0.6) is 5.75 Å². The summed E-state index contributed by atoms with van der Waals surface area (Å²) in [6.45, 7) is 3.90. The lowest BCUT2D eigenvalue weighted by Gasteiger charge is -2.30. The number of hydrogen-bond acceptors (Lipinski definition) is 4. The molecule has 1 aliphatic heterocycles. The van der Waals surface area contributed by atoms with Crippen LogP contribution in [-0.2, 0) is 4.79 Å². The van der Waals surface area contributed by atoms with Crippen LogP contribution in [0, 0.1) is 12.1 Å². The molecule has 1 fully saturated rings. The fourth-order valence-corrected chi connectivity index (χ4v) is 3.50. The summed E-state index contributed by atoms with van der Waals surface area (Å²) >= 11 is 0. The number of ether oxygens (including phenoxy) is 1. The number of pyridine rings is 1. The Bertz CT molecular complexity index is 771. The van der Waals surface area contributed by atoms with E-state index in [1.165, 1.54) is 0 Å². The molecule has 3 rings (SSSR count). The number of aryl methyl sites for hydroxylation is 1. The van der Waals surface area contributed by atoms with E-state index in [0.717, 1.165) is 47.6 Å². The van der Waals surface area contributed by atoms with Crippen molar-refractivity contribution in [1.82, 2.24) is 4.90 Å². The molecule has 1 N–H and O–H groups in total. The first-order valence-electron chi connectivity index (χ1n) is 8.92. The van der Waals surface area contributed by atoms with Gasteiger partial charge in [-0.25, -0.2) is 0 Å². The maximum absolute atomic E-state index is 12.4. The lowest BCUT2D eigenvalue weighted by Crippen LogP contribution is -2.41. The van der Waals surface area contributed by atoms with Gasteiger partial charge >= 0.3 is 0 Å². The molecule has 1 amide bonds. The average Bonchev–Trinajstić information content (AvgIpc) is 2.64. The number of nitrogens with one attached hydrogen (secondary N) is 1. The molecule has 0 bridgehead atoms. The maximum Gasteiger partial charge on any atom is 0.238 e. The Hall–Kier alpha value is -2.60. The zero-order chi connectivity index (χ0) is 18.5. The highest BCUT2D eigenvalue weighted by atomic mass is 16.5. The number of aromatic nitrogens is 1. The minimum Gasteiger partial charge on any atom is -0.618 e. The molecular weight excluding hydrogens is 330 g/mol. The number of carbonyl (C=O) groups is 1. The topological polar surface area (TPSA) is 68.5 Å². The normalized spacial score (nSPS) is 15.6. The number of methoxy groups -OCH3 is 1. The second-order valence-electron chi connectivity index (χ2n) is 6.70. The Balaban J connectivity index is 1.55. The third-order valence-corrected chi connectivity index (χ3v) is 4.95. The summed E-state index contributed by atoms with van der Waals surface area (Å²) in [5.74, 6) is 0.875. The van der Waals surface area contributed by atoms with Gasteiger partial charge in [-0.2, -0.15) is 4.73 Å². The molecule has 6 heteroatoms. The van der Waals surface area contributed by atoms with Gasteiger partial charge in [-0.1, -0.05) is 18.2 Å². The van der Waals surface area contributed by atoms with Crippen LogP contribution in [0.3, 0.4) is 0 Å². The van der Waals surface area contributed by atoms with Gasteiger partial charge in [0.25, 0.3) is 0 Å². The number of piperidine rings is 1. The summed E-state index contributed by atoms with van der Waals surface area (Å²) in [6.07, 6.45) is 3.31. The maximum atomic E-state index is 12.4. The van der Waals surface area contributed by atoms with E-state index in [1.54, 1.807) is 19.4 Å². The first kappa shape index (κ1) is 18.2. The predicted octanol–water partition coefficient (Wildman–Crippen LogP) is 2.46. The van der Waals surface area contributed by atoms with Crippen LogP contribution >= 0.6 is 0 Å². The second-order valence-corrected chi connectivity index (χ2v) is 6.70. The Labute approximate surface area is 154 Å². The largest absolute Gasteiger partial charge is 0.618 e. The molecule has 1 aromatic heterocycles. The second kappa shape index (κ2) is 8.19. The molecule has 0 radical (unpaired) electrons. The molecule has 0 spiro atoms. The van der Waals surface area contributed by atoms with Gasteiger partial charge in [0.1, 0.15) is 5.75 Å². The van der Waals surface area contributed by atoms with Crippen molar-refractivity contribution in [3.63, 3.8) is 0 Å². The summed E-state index contributed by atoms with van der Waals surface area (Å²) in [7, 11) is 1.60. The molecule has 2 aromatic rings. The number of benzene rings is 1. The monoisotopic (exact) mass is 355 g/mol. The summed E-state index contributed by atoms with van der Waals surface area (Å²) in [4.78, 5) is 14.6. The quantitative estimate of drug-likeness (QED) is 0.661. The number of para-hydroxylation sites is 1. The highest BCUT2D eigenvalue weighted by Gasteiger charge is 2.26. The Morgan fingerprint density at radius 1 is 1.27 bits per heavy atom. The van der Waals surface area contributed by atoms with Crippen molar-refractivity contribution in [2.24, 2.45) is 0 Å². The molecule has 0 aliphatic carbocycles. The van der Waals surface area contributed by atoms with Gasteiger partial charge in [0.05, 0.1) is 19.3 Å². The van der Waals surface area contributed by atoms with E-state index >= 15 is 0 Å². The minimum absolute atomic E-state index is 0.0466. The van der Waals surface area contributed by atoms with Crippen molar-refractivity contribution in [3.8, 4) is 5.75 Å². The molecule has 1 aliphatic rings. The van der Waals surface area contributed by atoms with E-state index < -0.39 is 0 Å². The average molecular weight is 355 g/mol. The molecule has 1 aromatic carbocycles. The molecule has 6 nitrogen and oxygen atoms in total. The van der Waals surface area contributed by atoms with Gasteiger partial charge in [0, 0.05) is 18.1 Å². The smallest absolute Gasteiger partial charge is 0.238 e. The van der Waals surface area contributed by atoms with Crippen LogP contribution < -0.4 is 14.8 Å². The van der Waals surface area contributed by atoms with E-state index in [9.17, 15) is 10.0 Å². The lowest BCUT2D eigenvalue weighted by atomic mass is 9.93. The molecule has 0 atom stereocenters. The Morgan fingerprint density at radius 3 is 2.73 bits per heavy atom. The van der Waals surface area contributed by atoms with Crippen LogP contribution in [0.1, 0.15) is 30.0 Å². The highest BCUT2D eigenvalue weighted by Crippen LogP contribution is 2.28. The lowest BCUT2D eigenvalue weighted by molar-refractivity contribution is -0.616. The van der Waals surface area contributed by atoms with Crippen LogP contribution in [0.2, 0.25) is 0 Å². The van der Waals surface area contributed by atoms with Crippen molar-refractivity contribution < 1.29 is 14.3 Å². The van der Waals surface area contributed by atoms with Gasteiger partial charge < -0.3 is 15.3 Å². The van der Waals surface area contributed by atoms with E-state index in [0.29, 0.717) is 12.3 Å². The molecule has 138 valence electrons. The summed E-state index contributed by atoms with van der Waals surface area (Å²) in [6, 6.07) is 11.2. The molecule has 26 heavy (non-hydrogen) atoms. The van der Waals surface area contributed by atoms with Crippen LogP contribution in [0.15, 0.2) is 42.6 Å². The predicted molar refractivity (Wildman–Crippen MR) is 100 cm³/mol. The molecule has 0 saturated carbocycles. The fraction of sp³-hybridized carbons (Fsp3) is 0.400. The van der Waals surface area contributed by atoms with Crippen molar-refractivity contribution in [1.29, 1.82) is 0 Å². The summed E-state index contributed by atoms with van der Waals surface area (Å²) < 4.78 is 6.29. The number of amides is 1. The first-order chi connectivity index (χ1) is 12.6. The number of likely N-dealkylation sites (tertiary alicyclic amines) is 1. The zero-order valence-corrected chi connectivity index (χ0v) is 15.3. The SMILES string of the molecule is COc1cccc(C)c1NC(=O)CN1CCC(c2cccc[n+]2[O-])CC1. The standard InChI is InChI=1S/C20H25N3O3/c1-15-6-5-8-18(26-2)20(15)21-19(24)14-22-12-9-16(10-13-22)17-7-3-4-11-23(17)25/h3-8,11,16H,9-10,12-14H2,1-2H3,(H,21,24). The molecule has 2 heterocycles. The van der Waals surface area contributed by atoms with Crippen LogP contribution in [0.4, 0.5) is 5.69 Å². The third kappa shape index (κ3) is 4.14. The van der Waals surface area contributed by atoms with Crippen molar-refractivity contribution in [3.05, 3.63) is 59.1 Å². The van der Waals surface area contributed by atoms with Gasteiger partial charge in [-0.15, -0.1) is 0 Å². The van der Waals surface area contributed by atoms with Gasteiger partial charge in [0.2, 0.25) is 5.91 Å².